The van der Waals surface area contributed by atoms with Crippen molar-refractivity contribution < 1.29 is 0 Å². The lowest BCUT2D eigenvalue weighted by atomic mass is 9.74. The van der Waals surface area contributed by atoms with Gasteiger partial charge in [-0.3, -0.25) is 0 Å². The van der Waals surface area contributed by atoms with Crippen LogP contribution in [0.25, 0.3) is 0 Å². The molecule has 0 aromatic carbocycles. The first-order valence-corrected chi connectivity index (χ1v) is 4.03. The van der Waals surface area contributed by atoms with Gasteiger partial charge in [0.2, 0.25) is 0 Å². The Morgan fingerprint density at radius 1 is 1.70 bits per heavy atom. The van der Waals surface area contributed by atoms with Crippen LogP contribution in [0.15, 0.2) is 12.7 Å². The van der Waals surface area contributed by atoms with Crippen molar-refractivity contribution in [1.82, 2.24) is 5.32 Å². The second kappa shape index (κ2) is 2.75. The molecule has 10 heavy (non-hydrogen) atoms. The van der Waals surface area contributed by atoms with Crippen LogP contribution >= 0.6 is 0 Å². The fraction of sp³-hybridized carbons (Fsp3) is 0.778. The second-order valence-electron chi connectivity index (χ2n) is 3.58. The third-order valence-corrected chi connectivity index (χ3v) is 2.85. The van der Waals surface area contributed by atoms with E-state index in [0.29, 0.717) is 5.41 Å². The van der Waals surface area contributed by atoms with E-state index in [1.54, 1.807) is 0 Å². The van der Waals surface area contributed by atoms with Gasteiger partial charge in [0, 0.05) is 12.0 Å². The molecular weight excluding hydrogens is 122 g/mol. The molecule has 0 radical (unpaired) electrons. The molecule has 0 amide bonds. The lowest BCUT2D eigenvalue weighted by molar-refractivity contribution is 0.208. The van der Waals surface area contributed by atoms with E-state index >= 15 is 0 Å². The van der Waals surface area contributed by atoms with E-state index in [4.69, 9.17) is 0 Å². The van der Waals surface area contributed by atoms with Crippen molar-refractivity contribution >= 4 is 0 Å². The van der Waals surface area contributed by atoms with Gasteiger partial charge in [-0.05, 0) is 18.9 Å². The molecule has 0 bridgehead atoms. The predicted octanol–water partition coefficient (Wildman–Crippen LogP) is 1.81. The number of piperidine rings is 1. The maximum atomic E-state index is 3.87. The molecule has 0 aliphatic carbocycles. The minimum Gasteiger partial charge on any atom is -0.316 e. The van der Waals surface area contributed by atoms with E-state index in [1.807, 2.05) is 0 Å². The van der Waals surface area contributed by atoms with E-state index in [0.717, 1.165) is 12.5 Å². The highest BCUT2D eigenvalue weighted by Crippen LogP contribution is 2.32. The Bertz CT molecular complexity index is 131. The van der Waals surface area contributed by atoms with Gasteiger partial charge in [-0.25, -0.2) is 0 Å². The molecule has 1 N–H and O–H groups in total. The summed E-state index contributed by atoms with van der Waals surface area (Å²) in [5.74, 6) is 0.784. The number of hydrogen-bond donors (Lipinski definition) is 1. The fourth-order valence-corrected chi connectivity index (χ4v) is 1.45. The summed E-state index contributed by atoms with van der Waals surface area (Å²) < 4.78 is 0. The van der Waals surface area contributed by atoms with Crippen LogP contribution in [0.2, 0.25) is 0 Å². The maximum absolute atomic E-state index is 3.87. The van der Waals surface area contributed by atoms with Crippen molar-refractivity contribution in [3.05, 3.63) is 12.7 Å². The molecule has 1 saturated heterocycles. The first kappa shape index (κ1) is 7.80. The maximum Gasteiger partial charge on any atom is 0.00423 e. The van der Waals surface area contributed by atoms with Crippen molar-refractivity contribution in [2.75, 3.05) is 13.1 Å². The minimum atomic E-state index is 0.332. The molecule has 1 aliphatic heterocycles. The Labute approximate surface area is 63.5 Å². The molecule has 1 rings (SSSR count). The molecule has 2 unspecified atom stereocenters. The molecule has 1 nitrogen and oxygen atoms in total. The summed E-state index contributed by atoms with van der Waals surface area (Å²) in [4.78, 5) is 0. The van der Waals surface area contributed by atoms with Gasteiger partial charge in [-0.1, -0.05) is 19.9 Å². The van der Waals surface area contributed by atoms with Gasteiger partial charge in [-0.15, -0.1) is 6.58 Å². The highest BCUT2D eigenvalue weighted by molar-refractivity contribution is 4.98. The molecule has 1 aliphatic rings. The average Bonchev–Trinajstić information content (AvgIpc) is 1.96. The Kier molecular flexibility index (Phi) is 2.14. The molecule has 1 heterocycles. The molecular formula is C9H17N. The van der Waals surface area contributed by atoms with Crippen molar-refractivity contribution in [3.63, 3.8) is 0 Å². The van der Waals surface area contributed by atoms with Crippen molar-refractivity contribution in [2.45, 2.75) is 20.3 Å². The number of rotatable bonds is 1. The Hall–Kier alpha value is -0.300. The minimum absolute atomic E-state index is 0.332. The zero-order chi connectivity index (χ0) is 7.61. The van der Waals surface area contributed by atoms with Crippen LogP contribution in [0.4, 0.5) is 0 Å². The summed E-state index contributed by atoms with van der Waals surface area (Å²) in [5, 5.41) is 3.39. The lowest BCUT2D eigenvalue weighted by Gasteiger charge is -2.37. The highest BCUT2D eigenvalue weighted by Gasteiger charge is 2.29. The third-order valence-electron chi connectivity index (χ3n) is 2.85. The lowest BCUT2D eigenvalue weighted by Crippen LogP contribution is -2.42. The summed E-state index contributed by atoms with van der Waals surface area (Å²) >= 11 is 0. The molecule has 1 heteroatoms. The third kappa shape index (κ3) is 1.24. The summed E-state index contributed by atoms with van der Waals surface area (Å²) in [6.07, 6.45) is 3.37. The second-order valence-corrected chi connectivity index (χ2v) is 3.58. The van der Waals surface area contributed by atoms with Crippen LogP contribution in [0.1, 0.15) is 20.3 Å². The van der Waals surface area contributed by atoms with Gasteiger partial charge < -0.3 is 5.32 Å². The molecule has 0 spiro atoms. The summed E-state index contributed by atoms with van der Waals surface area (Å²) in [6.45, 7) is 10.7. The normalized spacial score (nSPS) is 41.2. The van der Waals surface area contributed by atoms with Gasteiger partial charge in [0.15, 0.2) is 0 Å². The molecule has 0 aromatic rings. The first-order chi connectivity index (χ1) is 4.69. The van der Waals surface area contributed by atoms with Crippen molar-refractivity contribution in [3.8, 4) is 0 Å². The first-order valence-electron chi connectivity index (χ1n) is 4.03. The zero-order valence-electron chi connectivity index (χ0n) is 6.98. The van der Waals surface area contributed by atoms with Crippen molar-refractivity contribution in [2.24, 2.45) is 11.3 Å². The summed E-state index contributed by atoms with van der Waals surface area (Å²) in [5.41, 5.74) is 0.332. The Morgan fingerprint density at radius 3 is 2.80 bits per heavy atom. The topological polar surface area (TPSA) is 12.0 Å². The molecule has 1 fully saturated rings. The Balaban J connectivity index is 2.62. The van der Waals surface area contributed by atoms with Crippen LogP contribution < -0.4 is 5.32 Å². The van der Waals surface area contributed by atoms with E-state index in [9.17, 15) is 0 Å². The van der Waals surface area contributed by atoms with E-state index < -0.39 is 0 Å². The Morgan fingerprint density at radius 2 is 2.40 bits per heavy atom. The number of hydrogen-bond acceptors (Lipinski definition) is 1. The van der Waals surface area contributed by atoms with E-state index in [-0.39, 0.29) is 0 Å². The molecule has 58 valence electrons. The van der Waals surface area contributed by atoms with Crippen LogP contribution in [0.3, 0.4) is 0 Å². The van der Waals surface area contributed by atoms with Crippen LogP contribution in [0.5, 0.6) is 0 Å². The van der Waals surface area contributed by atoms with Crippen molar-refractivity contribution in [1.29, 1.82) is 0 Å². The molecule has 0 saturated carbocycles. The van der Waals surface area contributed by atoms with Gasteiger partial charge in [-0.2, -0.15) is 0 Å². The number of nitrogens with one attached hydrogen (secondary N) is 1. The zero-order valence-corrected chi connectivity index (χ0v) is 6.98. The van der Waals surface area contributed by atoms with Gasteiger partial charge >= 0.3 is 0 Å². The van der Waals surface area contributed by atoms with Gasteiger partial charge in [0.05, 0.1) is 0 Å². The van der Waals surface area contributed by atoms with Crippen LogP contribution in [0, 0.1) is 11.3 Å². The quantitative estimate of drug-likeness (QED) is 0.546. The standard InChI is InChI=1S/C9H17N/c1-4-9(3)7-10-6-5-8(9)2/h4,8,10H,1,5-7H2,2-3H3. The largest absolute Gasteiger partial charge is 0.316 e. The fourth-order valence-electron chi connectivity index (χ4n) is 1.45. The van der Waals surface area contributed by atoms with Crippen LogP contribution in [-0.4, -0.2) is 13.1 Å². The smallest absolute Gasteiger partial charge is 0.00423 e. The predicted molar refractivity (Wildman–Crippen MR) is 45.0 cm³/mol. The SMILES string of the molecule is C=CC1(C)CNCCC1C. The van der Waals surface area contributed by atoms with E-state index in [2.05, 4.69) is 31.8 Å². The van der Waals surface area contributed by atoms with E-state index in [1.165, 1.54) is 13.0 Å². The summed E-state index contributed by atoms with van der Waals surface area (Å²) in [6, 6.07) is 0. The van der Waals surface area contributed by atoms with Gasteiger partial charge in [0.1, 0.15) is 0 Å². The monoisotopic (exact) mass is 139 g/mol. The van der Waals surface area contributed by atoms with Crippen LogP contribution in [-0.2, 0) is 0 Å². The average molecular weight is 139 g/mol. The highest BCUT2D eigenvalue weighted by atomic mass is 14.9. The van der Waals surface area contributed by atoms with Gasteiger partial charge in [0.25, 0.3) is 0 Å². The molecule has 2 atom stereocenters. The molecule has 0 aromatic heterocycles. The summed E-state index contributed by atoms with van der Waals surface area (Å²) in [7, 11) is 0.